The Hall–Kier alpha value is -1.41. The van der Waals surface area contributed by atoms with Gasteiger partial charge in [0.2, 0.25) is 0 Å². The third-order valence-electron chi connectivity index (χ3n) is 3.34. The normalized spacial score (nSPS) is 12.6. The molecule has 0 spiro atoms. The first kappa shape index (κ1) is 19.4. The summed E-state index contributed by atoms with van der Waals surface area (Å²) in [5.41, 5.74) is -1.39. The van der Waals surface area contributed by atoms with Crippen molar-refractivity contribution in [3.63, 3.8) is 0 Å². The van der Waals surface area contributed by atoms with E-state index in [1.807, 2.05) is 0 Å². The molecule has 0 bridgehead atoms. The number of nitrogens with zero attached hydrogens (tertiary/aromatic N) is 1. The zero-order chi connectivity index (χ0) is 19.1. The average Bonchev–Trinajstić information content (AvgIpc) is 2.93. The molecule has 0 amide bonds. The molecular formula is C17H7BrCl2F3NOS. The lowest BCUT2D eigenvalue weighted by molar-refractivity contribution is -0.0689. The first-order chi connectivity index (χ1) is 12.1. The number of hydrogen-bond donors (Lipinski definition) is 0. The third kappa shape index (κ3) is 4.28. The quantitative estimate of drug-likeness (QED) is 0.293. The van der Waals surface area contributed by atoms with Gasteiger partial charge in [-0.15, -0.1) is 11.3 Å². The van der Waals surface area contributed by atoms with Gasteiger partial charge in [0.1, 0.15) is 4.83 Å². The zero-order valence-corrected chi connectivity index (χ0v) is 16.5. The number of pyridine rings is 1. The van der Waals surface area contributed by atoms with Crippen molar-refractivity contribution in [1.82, 2.24) is 4.98 Å². The minimum absolute atomic E-state index is 0.0472. The van der Waals surface area contributed by atoms with Crippen molar-refractivity contribution in [1.29, 1.82) is 0 Å². The lowest BCUT2D eigenvalue weighted by atomic mass is 10.0. The van der Waals surface area contributed by atoms with Gasteiger partial charge >= 0.3 is 6.18 Å². The Balaban J connectivity index is 2.07. The van der Waals surface area contributed by atoms with E-state index in [1.165, 1.54) is 12.1 Å². The van der Waals surface area contributed by atoms with E-state index in [4.69, 9.17) is 23.2 Å². The summed E-state index contributed by atoms with van der Waals surface area (Å²) in [7, 11) is 0. The van der Waals surface area contributed by atoms with Gasteiger partial charge in [0.15, 0.2) is 5.78 Å². The molecule has 0 aliphatic rings. The molecule has 3 aromatic rings. The summed E-state index contributed by atoms with van der Waals surface area (Å²) >= 11 is 15.9. The van der Waals surface area contributed by atoms with Crippen LogP contribution < -0.4 is 0 Å². The van der Waals surface area contributed by atoms with E-state index < -0.39 is 17.5 Å². The number of carbonyl (C=O) groups is 1. The fraction of sp³-hybridized carbons (Fsp3) is 0.0588. The summed E-state index contributed by atoms with van der Waals surface area (Å²) in [6, 6.07) is 6.79. The molecule has 134 valence electrons. The monoisotopic (exact) mass is 479 g/mol. The highest BCUT2D eigenvalue weighted by atomic mass is 79.9. The van der Waals surface area contributed by atoms with Gasteiger partial charge in [0.05, 0.1) is 10.5 Å². The molecule has 2 aromatic heterocycles. The SMILES string of the molecule is O=C(/C=C(\c1cc(Cl)cc(Cl)c1)C(F)(F)F)c1cc2cc(Br)cnc2s1. The van der Waals surface area contributed by atoms with Crippen LogP contribution in [0.4, 0.5) is 13.2 Å². The molecule has 0 saturated heterocycles. The van der Waals surface area contributed by atoms with Crippen molar-refractivity contribution in [2.45, 2.75) is 6.18 Å². The Morgan fingerprint density at radius 3 is 2.38 bits per heavy atom. The highest BCUT2D eigenvalue weighted by Crippen LogP contribution is 2.37. The van der Waals surface area contributed by atoms with Crippen LogP contribution in [0.3, 0.4) is 0 Å². The lowest BCUT2D eigenvalue weighted by Gasteiger charge is -2.12. The second kappa shape index (κ2) is 7.31. The molecule has 2 heterocycles. The molecule has 9 heteroatoms. The molecule has 1 aromatic carbocycles. The number of hydrogen-bond acceptors (Lipinski definition) is 3. The number of benzene rings is 1. The molecule has 0 saturated carbocycles. The predicted molar refractivity (Wildman–Crippen MR) is 102 cm³/mol. The van der Waals surface area contributed by atoms with Gasteiger partial charge in [-0.2, -0.15) is 13.2 Å². The molecule has 0 radical (unpaired) electrons. The minimum Gasteiger partial charge on any atom is -0.288 e. The fourth-order valence-corrected chi connectivity index (χ4v) is 4.04. The van der Waals surface area contributed by atoms with Crippen LogP contribution in [0.25, 0.3) is 15.8 Å². The standard InChI is InChI=1S/C17H7BrCl2F3NOS/c18-10-1-9-4-15(26-16(9)24-7-10)14(25)6-13(17(21,22)23)8-2-11(19)5-12(20)3-8/h1-7H/b13-6+. The Morgan fingerprint density at radius 1 is 1.12 bits per heavy atom. The second-order valence-corrected chi connectivity index (χ2v) is 8.06. The summed E-state index contributed by atoms with van der Waals surface area (Å²) < 4.78 is 41.2. The minimum atomic E-state index is -4.75. The molecular weight excluding hydrogens is 474 g/mol. The molecule has 0 atom stereocenters. The average molecular weight is 481 g/mol. The van der Waals surface area contributed by atoms with E-state index in [0.717, 1.165) is 23.5 Å². The van der Waals surface area contributed by atoms with Gasteiger partial charge in [0, 0.05) is 26.1 Å². The van der Waals surface area contributed by atoms with Crippen LogP contribution >= 0.6 is 50.5 Å². The Labute approximate surface area is 168 Å². The number of ketones is 1. The summed E-state index contributed by atoms with van der Waals surface area (Å²) in [6.45, 7) is 0. The number of carbonyl (C=O) groups excluding carboxylic acids is 1. The first-order valence-electron chi connectivity index (χ1n) is 6.98. The second-order valence-electron chi connectivity index (χ2n) is 5.24. The van der Waals surface area contributed by atoms with Crippen LogP contribution in [0.1, 0.15) is 15.2 Å². The van der Waals surface area contributed by atoms with Crippen LogP contribution in [-0.4, -0.2) is 16.9 Å². The van der Waals surface area contributed by atoms with Gasteiger partial charge < -0.3 is 0 Å². The van der Waals surface area contributed by atoms with Gasteiger partial charge in [-0.25, -0.2) is 4.98 Å². The maximum absolute atomic E-state index is 13.5. The fourth-order valence-electron chi connectivity index (χ4n) is 2.27. The third-order valence-corrected chi connectivity index (χ3v) is 5.28. The highest BCUT2D eigenvalue weighted by molar-refractivity contribution is 9.10. The Bertz CT molecular complexity index is 1030. The van der Waals surface area contributed by atoms with Crippen molar-refractivity contribution < 1.29 is 18.0 Å². The van der Waals surface area contributed by atoms with E-state index in [-0.39, 0.29) is 20.5 Å². The molecule has 26 heavy (non-hydrogen) atoms. The number of fused-ring (bicyclic) bond motifs is 1. The number of halogens is 6. The number of aromatic nitrogens is 1. The van der Waals surface area contributed by atoms with E-state index in [0.29, 0.717) is 20.8 Å². The highest BCUT2D eigenvalue weighted by Gasteiger charge is 2.36. The smallest absolute Gasteiger partial charge is 0.288 e. The topological polar surface area (TPSA) is 30.0 Å². The molecule has 0 aliphatic carbocycles. The summed E-state index contributed by atoms with van der Waals surface area (Å²) in [4.78, 5) is 17.3. The lowest BCUT2D eigenvalue weighted by Crippen LogP contribution is -2.12. The molecule has 0 aliphatic heterocycles. The maximum atomic E-state index is 13.5. The van der Waals surface area contributed by atoms with Gasteiger partial charge in [-0.1, -0.05) is 23.2 Å². The Morgan fingerprint density at radius 2 is 1.77 bits per heavy atom. The van der Waals surface area contributed by atoms with Gasteiger partial charge in [-0.05, 0) is 57.9 Å². The van der Waals surface area contributed by atoms with Crippen molar-refractivity contribution in [2.75, 3.05) is 0 Å². The number of rotatable bonds is 3. The van der Waals surface area contributed by atoms with Crippen LogP contribution in [0, 0.1) is 0 Å². The van der Waals surface area contributed by atoms with Crippen LogP contribution in [0.2, 0.25) is 10.0 Å². The van der Waals surface area contributed by atoms with E-state index in [2.05, 4.69) is 20.9 Å². The van der Waals surface area contributed by atoms with E-state index >= 15 is 0 Å². The predicted octanol–water partition coefficient (Wildman–Crippen LogP) is 7.19. The summed E-state index contributed by atoms with van der Waals surface area (Å²) in [6.07, 6.45) is -2.64. The maximum Gasteiger partial charge on any atom is 0.417 e. The first-order valence-corrected chi connectivity index (χ1v) is 9.35. The van der Waals surface area contributed by atoms with Crippen molar-refractivity contribution in [2.24, 2.45) is 0 Å². The van der Waals surface area contributed by atoms with Gasteiger partial charge in [0.25, 0.3) is 0 Å². The van der Waals surface area contributed by atoms with Crippen LogP contribution in [0.5, 0.6) is 0 Å². The number of allylic oxidation sites excluding steroid dienone is 2. The molecule has 2 nitrogen and oxygen atoms in total. The molecule has 0 N–H and O–H groups in total. The van der Waals surface area contributed by atoms with Crippen molar-refractivity contribution >= 4 is 72.0 Å². The molecule has 3 rings (SSSR count). The van der Waals surface area contributed by atoms with Crippen molar-refractivity contribution in [3.8, 4) is 0 Å². The number of thiophene rings is 1. The van der Waals surface area contributed by atoms with Gasteiger partial charge in [-0.3, -0.25) is 4.79 Å². The van der Waals surface area contributed by atoms with Crippen LogP contribution in [0.15, 0.2) is 47.1 Å². The van der Waals surface area contributed by atoms with E-state index in [1.54, 1.807) is 12.3 Å². The van der Waals surface area contributed by atoms with E-state index in [9.17, 15) is 18.0 Å². The number of alkyl halides is 3. The summed E-state index contributed by atoms with van der Waals surface area (Å²) in [5, 5.41) is 0.762. The summed E-state index contributed by atoms with van der Waals surface area (Å²) in [5.74, 6) is -0.771. The zero-order valence-electron chi connectivity index (χ0n) is 12.6. The largest absolute Gasteiger partial charge is 0.417 e. The molecule has 0 unspecified atom stereocenters. The Kier molecular flexibility index (Phi) is 5.44. The van der Waals surface area contributed by atoms with Crippen LogP contribution in [-0.2, 0) is 0 Å². The molecule has 0 fully saturated rings. The van der Waals surface area contributed by atoms with Crippen molar-refractivity contribution in [3.05, 3.63) is 67.6 Å².